The zero-order valence-electron chi connectivity index (χ0n) is 23.0. The SMILES string of the molecule is Oc1cc(N2CCc3c(nc(OCC45CCCN4CCC5)nc3C3C[C@H]4CC[C@@H](C3)N4)C2)c2c(F)cccc2c1. The standard InChI is InChI=1S/C32H38FN5O2/c33-26-5-1-4-20-16-24(39)17-28(29(20)26)37-13-8-25-27(18-37)35-31(40-19-32-9-2-11-38(32)12-3-10-32)36-30(25)21-14-22-6-7-23(15-21)34-22/h1,4-5,16-17,21-23,34,39H,2-3,6-15,18-19H2/t21?,22-,23+. The number of phenolic OH excluding ortho intramolecular Hbond substituents is 1. The van der Waals surface area contributed by atoms with Crippen molar-refractivity contribution in [2.75, 3.05) is 31.1 Å². The van der Waals surface area contributed by atoms with E-state index in [2.05, 4.69) is 15.1 Å². The average molecular weight is 544 g/mol. The van der Waals surface area contributed by atoms with Gasteiger partial charge in [-0.15, -0.1) is 0 Å². The highest BCUT2D eigenvalue weighted by molar-refractivity contribution is 5.96. The van der Waals surface area contributed by atoms with Crippen molar-refractivity contribution in [2.45, 2.75) is 87.9 Å². The minimum atomic E-state index is -0.271. The molecule has 0 spiro atoms. The van der Waals surface area contributed by atoms with E-state index in [1.807, 2.05) is 6.07 Å². The fourth-order valence-corrected chi connectivity index (χ4v) is 8.58. The maximum absolute atomic E-state index is 15.1. The molecule has 5 aliphatic rings. The number of hydrogen-bond donors (Lipinski definition) is 2. The second kappa shape index (κ2) is 9.55. The number of anilines is 1. The number of fused-ring (bicyclic) bond motifs is 5. The number of nitrogens with one attached hydrogen (secondary N) is 1. The molecular weight excluding hydrogens is 505 g/mol. The summed E-state index contributed by atoms with van der Waals surface area (Å²) < 4.78 is 21.6. The van der Waals surface area contributed by atoms with Crippen molar-refractivity contribution in [3.8, 4) is 11.8 Å². The first-order valence-corrected chi connectivity index (χ1v) is 15.2. The number of hydrogen-bond acceptors (Lipinski definition) is 7. The van der Waals surface area contributed by atoms with Crippen LogP contribution >= 0.6 is 0 Å². The lowest BCUT2D eigenvalue weighted by Gasteiger charge is -2.35. The van der Waals surface area contributed by atoms with E-state index in [4.69, 9.17) is 14.7 Å². The van der Waals surface area contributed by atoms with Crippen LogP contribution in [-0.2, 0) is 13.0 Å². The molecule has 8 rings (SSSR count). The van der Waals surface area contributed by atoms with Gasteiger partial charge in [0, 0.05) is 36.0 Å². The van der Waals surface area contributed by atoms with Gasteiger partial charge in [0.2, 0.25) is 0 Å². The van der Waals surface area contributed by atoms with Crippen LogP contribution in [0.15, 0.2) is 30.3 Å². The molecule has 5 aliphatic heterocycles. The molecule has 4 fully saturated rings. The first kappa shape index (κ1) is 24.8. The molecule has 40 heavy (non-hydrogen) atoms. The molecule has 7 nitrogen and oxygen atoms in total. The number of halogens is 1. The summed E-state index contributed by atoms with van der Waals surface area (Å²) in [6.07, 6.45) is 10.4. The van der Waals surface area contributed by atoms with Crippen molar-refractivity contribution in [2.24, 2.45) is 0 Å². The minimum Gasteiger partial charge on any atom is -0.508 e. The van der Waals surface area contributed by atoms with Gasteiger partial charge in [0.1, 0.15) is 18.2 Å². The topological polar surface area (TPSA) is 73.8 Å². The molecule has 6 heterocycles. The molecule has 210 valence electrons. The van der Waals surface area contributed by atoms with E-state index in [9.17, 15) is 5.11 Å². The number of benzene rings is 2. The van der Waals surface area contributed by atoms with Crippen molar-refractivity contribution in [1.29, 1.82) is 0 Å². The number of phenols is 1. The van der Waals surface area contributed by atoms with E-state index in [1.54, 1.807) is 18.2 Å². The molecular formula is C32H38FN5O2. The third-order valence-electron chi connectivity index (χ3n) is 10.4. The van der Waals surface area contributed by atoms with E-state index in [0.717, 1.165) is 31.5 Å². The van der Waals surface area contributed by atoms with Crippen molar-refractivity contribution in [3.63, 3.8) is 0 Å². The minimum absolute atomic E-state index is 0.136. The van der Waals surface area contributed by atoms with E-state index in [-0.39, 0.29) is 17.1 Å². The molecule has 0 aliphatic carbocycles. The Morgan fingerprint density at radius 1 is 1.05 bits per heavy atom. The second-order valence-corrected chi connectivity index (χ2v) is 12.8. The summed E-state index contributed by atoms with van der Waals surface area (Å²) in [7, 11) is 0. The molecule has 0 radical (unpaired) electrons. The monoisotopic (exact) mass is 543 g/mol. The molecule has 2 aromatic carbocycles. The van der Waals surface area contributed by atoms with Crippen LogP contribution in [0.3, 0.4) is 0 Å². The Kier molecular flexibility index (Phi) is 5.92. The summed E-state index contributed by atoms with van der Waals surface area (Å²) >= 11 is 0. The quantitative estimate of drug-likeness (QED) is 0.467. The van der Waals surface area contributed by atoms with E-state index < -0.39 is 0 Å². The highest BCUT2D eigenvalue weighted by atomic mass is 19.1. The molecule has 3 aromatic rings. The maximum Gasteiger partial charge on any atom is 0.316 e. The van der Waals surface area contributed by atoms with Gasteiger partial charge in [-0.3, -0.25) is 4.90 Å². The third kappa shape index (κ3) is 4.14. The zero-order chi connectivity index (χ0) is 26.8. The Bertz CT molecular complexity index is 1440. The van der Waals surface area contributed by atoms with Crippen LogP contribution in [0.1, 0.15) is 74.2 Å². The van der Waals surface area contributed by atoms with Crippen molar-refractivity contribution < 1.29 is 14.2 Å². The van der Waals surface area contributed by atoms with Crippen molar-refractivity contribution in [3.05, 3.63) is 53.1 Å². The predicted octanol–water partition coefficient (Wildman–Crippen LogP) is 5.04. The Morgan fingerprint density at radius 3 is 2.65 bits per heavy atom. The smallest absolute Gasteiger partial charge is 0.316 e. The van der Waals surface area contributed by atoms with Crippen LogP contribution in [0.2, 0.25) is 0 Å². The Hall–Kier alpha value is -2.97. The van der Waals surface area contributed by atoms with Crippen LogP contribution in [-0.4, -0.2) is 63.8 Å². The molecule has 0 saturated carbocycles. The van der Waals surface area contributed by atoms with E-state index in [0.29, 0.717) is 53.6 Å². The van der Waals surface area contributed by atoms with Gasteiger partial charge < -0.3 is 20.1 Å². The molecule has 8 heteroatoms. The lowest BCUT2D eigenvalue weighted by atomic mass is 9.85. The fourth-order valence-electron chi connectivity index (χ4n) is 8.58. The van der Waals surface area contributed by atoms with Crippen molar-refractivity contribution >= 4 is 16.5 Å². The summed E-state index contributed by atoms with van der Waals surface area (Å²) in [5.74, 6) is 0.289. The van der Waals surface area contributed by atoms with E-state index >= 15 is 4.39 Å². The van der Waals surface area contributed by atoms with Gasteiger partial charge in [0.15, 0.2) is 0 Å². The van der Waals surface area contributed by atoms with E-state index in [1.165, 1.54) is 68.9 Å². The Balaban J connectivity index is 1.15. The number of aromatic hydroxyl groups is 1. The summed E-state index contributed by atoms with van der Waals surface area (Å²) in [5, 5.41) is 15.5. The van der Waals surface area contributed by atoms with Gasteiger partial charge >= 0.3 is 6.01 Å². The lowest BCUT2D eigenvalue weighted by molar-refractivity contribution is 0.107. The number of ether oxygens (including phenoxy) is 1. The number of piperidine rings is 1. The third-order valence-corrected chi connectivity index (χ3v) is 10.4. The Morgan fingerprint density at radius 2 is 1.85 bits per heavy atom. The largest absolute Gasteiger partial charge is 0.508 e. The normalized spacial score (nSPS) is 27.2. The number of nitrogens with zero attached hydrogens (tertiary/aromatic N) is 4. The number of aromatic nitrogens is 2. The summed E-state index contributed by atoms with van der Waals surface area (Å²) in [5.41, 5.74) is 4.26. The van der Waals surface area contributed by atoms with Crippen LogP contribution in [0, 0.1) is 5.82 Å². The maximum atomic E-state index is 15.1. The molecule has 2 bridgehead atoms. The summed E-state index contributed by atoms with van der Waals surface area (Å²) in [6.45, 7) is 4.26. The second-order valence-electron chi connectivity index (χ2n) is 12.8. The molecule has 1 unspecified atom stereocenters. The highest BCUT2D eigenvalue weighted by Gasteiger charge is 2.45. The van der Waals surface area contributed by atoms with Gasteiger partial charge in [-0.25, -0.2) is 4.39 Å². The van der Waals surface area contributed by atoms with Gasteiger partial charge in [-0.1, -0.05) is 12.1 Å². The summed E-state index contributed by atoms with van der Waals surface area (Å²) in [4.78, 5) is 15.0. The molecule has 3 atom stereocenters. The van der Waals surface area contributed by atoms with Crippen molar-refractivity contribution in [1.82, 2.24) is 20.2 Å². The molecule has 0 amide bonds. The molecule has 1 aromatic heterocycles. The fraction of sp³-hybridized carbons (Fsp3) is 0.562. The van der Waals surface area contributed by atoms with Crippen LogP contribution < -0.4 is 15.0 Å². The lowest BCUT2D eigenvalue weighted by Crippen LogP contribution is -2.43. The van der Waals surface area contributed by atoms with Gasteiger partial charge in [0.25, 0.3) is 0 Å². The first-order valence-electron chi connectivity index (χ1n) is 15.2. The predicted molar refractivity (Wildman–Crippen MR) is 153 cm³/mol. The van der Waals surface area contributed by atoms with Crippen LogP contribution in [0.4, 0.5) is 10.1 Å². The van der Waals surface area contributed by atoms with Gasteiger partial charge in [-0.05, 0) is 94.0 Å². The van der Waals surface area contributed by atoms with Crippen LogP contribution in [0.5, 0.6) is 11.8 Å². The Labute approximate surface area is 234 Å². The zero-order valence-corrected chi connectivity index (χ0v) is 23.0. The van der Waals surface area contributed by atoms with Crippen LogP contribution in [0.25, 0.3) is 10.8 Å². The molecule has 2 N–H and O–H groups in total. The van der Waals surface area contributed by atoms with Gasteiger partial charge in [-0.2, -0.15) is 9.97 Å². The summed E-state index contributed by atoms with van der Waals surface area (Å²) in [6, 6.07) is 10.0. The average Bonchev–Trinajstić information content (AvgIpc) is 3.64. The number of rotatable bonds is 5. The molecule has 4 saturated heterocycles. The van der Waals surface area contributed by atoms with Gasteiger partial charge in [0.05, 0.1) is 29.2 Å². The highest BCUT2D eigenvalue weighted by Crippen LogP contribution is 2.42. The first-order chi connectivity index (χ1) is 19.5.